The first-order valence-corrected chi connectivity index (χ1v) is 11.0. The van der Waals surface area contributed by atoms with E-state index in [2.05, 4.69) is 6.58 Å². The number of nitrogens with two attached hydrogens (primary N) is 2. The molecule has 33 heavy (non-hydrogen) atoms. The van der Waals surface area contributed by atoms with Crippen molar-refractivity contribution in [3.63, 3.8) is 0 Å². The molecule has 2 aromatic carbocycles. The lowest BCUT2D eigenvalue weighted by Crippen LogP contribution is -2.38. The number of rotatable bonds is 6. The van der Waals surface area contributed by atoms with Gasteiger partial charge in [0.05, 0.1) is 5.69 Å². The number of piperidine rings is 1. The van der Waals surface area contributed by atoms with Crippen LogP contribution in [-0.2, 0) is 4.79 Å². The highest BCUT2D eigenvalue weighted by molar-refractivity contribution is 5.98. The molecule has 7 heteroatoms. The van der Waals surface area contributed by atoms with Gasteiger partial charge in [-0.3, -0.25) is 9.59 Å². The molecule has 2 heterocycles. The Morgan fingerprint density at radius 1 is 1.09 bits per heavy atom. The van der Waals surface area contributed by atoms with Crippen molar-refractivity contribution in [3.8, 4) is 17.2 Å². The van der Waals surface area contributed by atoms with Crippen LogP contribution in [0.2, 0.25) is 0 Å². The first-order chi connectivity index (χ1) is 15.9. The summed E-state index contributed by atoms with van der Waals surface area (Å²) in [6.45, 7) is 6.74. The fourth-order valence-corrected chi connectivity index (χ4v) is 4.64. The zero-order valence-electron chi connectivity index (χ0n) is 18.7. The number of nitrogen functional groups attached to an aromatic ring is 1. The third-order valence-corrected chi connectivity index (χ3v) is 6.12. The molecule has 1 aromatic heterocycles. The molecule has 0 radical (unpaired) electrons. The van der Waals surface area contributed by atoms with Crippen LogP contribution in [0.1, 0.15) is 40.5 Å². The summed E-state index contributed by atoms with van der Waals surface area (Å²) in [6, 6.07) is 16.9. The van der Waals surface area contributed by atoms with Crippen molar-refractivity contribution in [1.82, 2.24) is 9.47 Å². The minimum absolute atomic E-state index is 0.0164. The van der Waals surface area contributed by atoms with Gasteiger partial charge in [0.15, 0.2) is 0 Å². The van der Waals surface area contributed by atoms with Gasteiger partial charge in [0.25, 0.3) is 5.91 Å². The summed E-state index contributed by atoms with van der Waals surface area (Å²) in [5, 5.41) is 0. The molecule has 0 spiro atoms. The van der Waals surface area contributed by atoms with Crippen LogP contribution in [0.15, 0.2) is 67.3 Å². The molecule has 1 unspecified atom stereocenters. The van der Waals surface area contributed by atoms with E-state index in [-0.39, 0.29) is 17.5 Å². The molecule has 0 aliphatic carbocycles. The number of nitrogens with zero attached hydrogens (tertiary/aromatic N) is 2. The van der Waals surface area contributed by atoms with E-state index in [1.165, 1.54) is 6.08 Å². The molecule has 4 N–H and O–H groups in total. The van der Waals surface area contributed by atoms with Crippen molar-refractivity contribution >= 4 is 17.5 Å². The molecule has 0 bridgehead atoms. The van der Waals surface area contributed by atoms with E-state index in [0.29, 0.717) is 24.5 Å². The molecule has 1 aliphatic rings. The molecule has 0 saturated carbocycles. The summed E-state index contributed by atoms with van der Waals surface area (Å²) in [4.78, 5) is 26.3. The Bertz CT molecular complexity index is 1180. The summed E-state index contributed by atoms with van der Waals surface area (Å²) < 4.78 is 7.67. The van der Waals surface area contributed by atoms with Gasteiger partial charge in [0.1, 0.15) is 17.2 Å². The molecular weight excluding hydrogens is 416 g/mol. The molecular formula is C26H28N4O3. The summed E-state index contributed by atoms with van der Waals surface area (Å²) in [7, 11) is 0. The molecule has 4 rings (SSSR count). The second-order valence-electron chi connectivity index (χ2n) is 8.20. The maximum absolute atomic E-state index is 12.4. The maximum atomic E-state index is 12.4. The second kappa shape index (κ2) is 9.24. The van der Waals surface area contributed by atoms with E-state index < -0.39 is 5.91 Å². The third-order valence-electron chi connectivity index (χ3n) is 6.12. The van der Waals surface area contributed by atoms with Crippen LogP contribution in [0.25, 0.3) is 5.69 Å². The van der Waals surface area contributed by atoms with Gasteiger partial charge < -0.3 is 25.7 Å². The number of carbonyl (C=O) groups is 2. The van der Waals surface area contributed by atoms with Crippen LogP contribution >= 0.6 is 0 Å². The number of benzene rings is 2. The highest BCUT2D eigenvalue weighted by Crippen LogP contribution is 2.38. The van der Waals surface area contributed by atoms with Gasteiger partial charge in [-0.1, -0.05) is 24.8 Å². The van der Waals surface area contributed by atoms with Crippen molar-refractivity contribution in [2.75, 3.05) is 18.8 Å². The van der Waals surface area contributed by atoms with Crippen molar-refractivity contribution in [2.45, 2.75) is 25.7 Å². The lowest BCUT2D eigenvalue weighted by molar-refractivity contribution is -0.127. The monoisotopic (exact) mass is 444 g/mol. The van der Waals surface area contributed by atoms with E-state index in [9.17, 15) is 9.59 Å². The number of para-hydroxylation sites is 1. The van der Waals surface area contributed by atoms with Gasteiger partial charge >= 0.3 is 0 Å². The average Bonchev–Trinajstić information content (AvgIpc) is 3.10. The zero-order chi connectivity index (χ0) is 23.5. The average molecular weight is 445 g/mol. The first-order valence-electron chi connectivity index (χ1n) is 11.0. The van der Waals surface area contributed by atoms with Crippen LogP contribution < -0.4 is 16.2 Å². The van der Waals surface area contributed by atoms with Crippen molar-refractivity contribution < 1.29 is 14.3 Å². The summed E-state index contributed by atoms with van der Waals surface area (Å²) in [5.74, 6) is 0.737. The Balaban J connectivity index is 1.69. The smallest absolute Gasteiger partial charge is 0.267 e. The molecule has 1 saturated heterocycles. The second-order valence-corrected chi connectivity index (χ2v) is 8.20. The Morgan fingerprint density at radius 3 is 2.39 bits per heavy atom. The number of ether oxygens (including phenoxy) is 1. The molecule has 2 amide bonds. The van der Waals surface area contributed by atoms with Crippen molar-refractivity contribution in [1.29, 1.82) is 0 Å². The summed E-state index contributed by atoms with van der Waals surface area (Å²) >= 11 is 0. The van der Waals surface area contributed by atoms with Crippen LogP contribution in [0.4, 0.5) is 5.69 Å². The zero-order valence-corrected chi connectivity index (χ0v) is 18.7. The van der Waals surface area contributed by atoms with Crippen molar-refractivity contribution in [3.05, 3.63) is 84.2 Å². The molecule has 1 fully saturated rings. The number of likely N-dealkylation sites (tertiary alicyclic amines) is 1. The molecule has 1 aliphatic heterocycles. The Labute approximate surface area is 193 Å². The molecule has 7 nitrogen and oxygen atoms in total. The Kier molecular flexibility index (Phi) is 6.22. The summed E-state index contributed by atoms with van der Waals surface area (Å²) in [5.41, 5.74) is 15.3. The predicted octanol–water partition coefficient (Wildman–Crippen LogP) is 4.15. The molecule has 170 valence electrons. The minimum Gasteiger partial charge on any atom is -0.457 e. The number of anilines is 1. The number of hydrogen-bond donors (Lipinski definition) is 2. The van der Waals surface area contributed by atoms with E-state index in [4.69, 9.17) is 16.2 Å². The topological polar surface area (TPSA) is 104 Å². The number of aromatic nitrogens is 1. The Hall–Kier alpha value is -4.00. The lowest BCUT2D eigenvalue weighted by atomic mass is 9.89. The maximum Gasteiger partial charge on any atom is 0.267 e. The van der Waals surface area contributed by atoms with E-state index in [0.717, 1.165) is 35.5 Å². The standard InChI is InChI=1S/C26H28N4O3/c1-3-22(31)29-15-7-8-18(16-29)23-17(2)30(25(24(23)27)26(28)32)19-11-13-21(14-12-19)33-20-9-5-4-6-10-20/h3-6,9-14,18H,1,7-8,15-16,27H2,2H3,(H2,28,32). The Morgan fingerprint density at radius 2 is 1.76 bits per heavy atom. The quantitative estimate of drug-likeness (QED) is 0.557. The van der Waals surface area contributed by atoms with Gasteiger partial charge in [0, 0.05) is 36.0 Å². The fourth-order valence-electron chi connectivity index (χ4n) is 4.64. The number of amides is 2. The highest BCUT2D eigenvalue weighted by atomic mass is 16.5. The lowest BCUT2D eigenvalue weighted by Gasteiger charge is -2.32. The number of primary amides is 1. The van der Waals surface area contributed by atoms with Crippen molar-refractivity contribution in [2.24, 2.45) is 5.73 Å². The van der Waals surface area contributed by atoms with Gasteiger partial charge in [-0.25, -0.2) is 0 Å². The van der Waals surface area contributed by atoms with E-state index in [1.807, 2.05) is 61.5 Å². The van der Waals surface area contributed by atoms with Gasteiger partial charge in [-0.2, -0.15) is 0 Å². The number of carbonyl (C=O) groups excluding carboxylic acids is 2. The highest BCUT2D eigenvalue weighted by Gasteiger charge is 2.31. The van der Waals surface area contributed by atoms with Crippen LogP contribution in [0.3, 0.4) is 0 Å². The molecule has 1 atom stereocenters. The van der Waals surface area contributed by atoms with Gasteiger partial charge in [-0.05, 0) is 62.2 Å². The van der Waals surface area contributed by atoms with E-state index in [1.54, 1.807) is 9.47 Å². The number of hydrogen-bond acceptors (Lipinski definition) is 4. The van der Waals surface area contributed by atoms with Gasteiger partial charge in [0.2, 0.25) is 5.91 Å². The normalized spacial score (nSPS) is 15.8. The van der Waals surface area contributed by atoms with Gasteiger partial charge in [-0.15, -0.1) is 0 Å². The molecule has 3 aromatic rings. The first kappa shape index (κ1) is 22.2. The van der Waals surface area contributed by atoms with Crippen LogP contribution in [0.5, 0.6) is 11.5 Å². The summed E-state index contributed by atoms with van der Waals surface area (Å²) in [6.07, 6.45) is 3.06. The van der Waals surface area contributed by atoms with E-state index >= 15 is 0 Å². The largest absolute Gasteiger partial charge is 0.457 e. The minimum atomic E-state index is -0.596. The van der Waals surface area contributed by atoms with Crippen LogP contribution in [0, 0.1) is 6.92 Å². The third kappa shape index (κ3) is 4.35. The van der Waals surface area contributed by atoms with Crippen LogP contribution in [-0.4, -0.2) is 34.4 Å². The fraction of sp³-hybridized carbons (Fsp3) is 0.231. The SMILES string of the molecule is C=CC(=O)N1CCCC(c2c(N)c(C(N)=O)n(-c3ccc(Oc4ccccc4)cc3)c2C)C1. The predicted molar refractivity (Wildman–Crippen MR) is 129 cm³/mol.